The minimum Gasteiger partial charge on any atom is -0.378 e. The number of ether oxygens (including phenoxy) is 1. The number of benzene rings is 1. The highest BCUT2D eigenvalue weighted by Gasteiger charge is 2.30. The molecule has 0 spiro atoms. The summed E-state index contributed by atoms with van der Waals surface area (Å²) in [5.41, 5.74) is 8.61. The monoisotopic (exact) mass is 280 g/mol. The Bertz CT molecular complexity index is 506. The van der Waals surface area contributed by atoms with Crippen LogP contribution in [0.15, 0.2) is 23.1 Å². The van der Waals surface area contributed by atoms with Crippen LogP contribution in [0.4, 0.5) is 0 Å². The van der Waals surface area contributed by atoms with E-state index in [1.807, 2.05) is 6.07 Å². The van der Waals surface area contributed by atoms with Gasteiger partial charge in [-0.2, -0.15) is 0 Å². The van der Waals surface area contributed by atoms with Gasteiger partial charge in [-0.05, 0) is 29.7 Å². The lowest BCUT2D eigenvalue weighted by molar-refractivity contribution is 0.00549. The van der Waals surface area contributed by atoms with E-state index in [1.165, 1.54) is 11.1 Å². The molecule has 3 rings (SSSR count). The van der Waals surface area contributed by atoms with E-state index in [4.69, 9.17) is 10.5 Å². The summed E-state index contributed by atoms with van der Waals surface area (Å²) in [5.74, 6) is 0. The normalized spacial score (nSPS) is 29.2. The van der Waals surface area contributed by atoms with Crippen LogP contribution in [0, 0.1) is 0 Å². The highest BCUT2D eigenvalue weighted by Crippen LogP contribution is 2.28. The fraction of sp³-hybridized carbons (Fsp3) is 0.571. The fourth-order valence-corrected chi connectivity index (χ4v) is 3.50. The van der Waals surface area contributed by atoms with E-state index in [-0.39, 0.29) is 6.04 Å². The van der Waals surface area contributed by atoms with Gasteiger partial charge in [-0.25, -0.2) is 0 Å². The first-order valence-electron chi connectivity index (χ1n) is 6.66. The Morgan fingerprint density at radius 1 is 1.32 bits per heavy atom. The van der Waals surface area contributed by atoms with E-state index >= 15 is 0 Å². The highest BCUT2D eigenvalue weighted by atomic mass is 32.2. The second-order valence-corrected chi connectivity index (χ2v) is 6.86. The van der Waals surface area contributed by atoms with Crippen LogP contribution in [-0.2, 0) is 28.6 Å². The summed E-state index contributed by atoms with van der Waals surface area (Å²) in [6.07, 6.45) is 2.73. The Kier molecular flexibility index (Phi) is 3.71. The fourth-order valence-electron chi connectivity index (χ4n) is 2.93. The maximum atomic E-state index is 11.5. The molecule has 4 nitrogen and oxygen atoms in total. The predicted molar refractivity (Wildman–Crippen MR) is 75.2 cm³/mol. The molecular formula is C14H20N2O2S. The largest absolute Gasteiger partial charge is 0.378 e. The Balaban J connectivity index is 1.74. The number of hydrogen-bond acceptors (Lipinski definition) is 4. The first-order chi connectivity index (χ1) is 9.13. The quantitative estimate of drug-likeness (QED) is 0.873. The van der Waals surface area contributed by atoms with Crippen molar-refractivity contribution in [2.24, 2.45) is 5.73 Å². The van der Waals surface area contributed by atoms with E-state index in [0.717, 1.165) is 31.0 Å². The Morgan fingerprint density at radius 3 is 2.84 bits per heavy atom. The molecular weight excluding hydrogens is 260 g/mol. The summed E-state index contributed by atoms with van der Waals surface area (Å²) in [6.45, 7) is 3.32. The Labute approximate surface area is 116 Å². The zero-order valence-corrected chi connectivity index (χ0v) is 12.0. The van der Waals surface area contributed by atoms with E-state index in [9.17, 15) is 4.21 Å². The van der Waals surface area contributed by atoms with Crippen molar-refractivity contribution in [3.05, 3.63) is 29.3 Å². The van der Waals surface area contributed by atoms with Crippen LogP contribution in [0.1, 0.15) is 17.5 Å². The van der Waals surface area contributed by atoms with Gasteiger partial charge < -0.3 is 10.5 Å². The van der Waals surface area contributed by atoms with Gasteiger partial charge in [0.2, 0.25) is 0 Å². The van der Waals surface area contributed by atoms with Gasteiger partial charge in [-0.1, -0.05) is 6.07 Å². The summed E-state index contributed by atoms with van der Waals surface area (Å²) in [6, 6.07) is 6.72. The van der Waals surface area contributed by atoms with Crippen LogP contribution in [0.2, 0.25) is 0 Å². The summed E-state index contributed by atoms with van der Waals surface area (Å²) in [4.78, 5) is 3.34. The van der Waals surface area contributed by atoms with Gasteiger partial charge in [-0.15, -0.1) is 0 Å². The molecule has 2 unspecified atom stereocenters. The van der Waals surface area contributed by atoms with Crippen LogP contribution in [0.5, 0.6) is 0 Å². The van der Waals surface area contributed by atoms with Crippen molar-refractivity contribution in [1.82, 2.24) is 4.90 Å². The second kappa shape index (κ2) is 5.32. The van der Waals surface area contributed by atoms with Crippen molar-refractivity contribution in [3.8, 4) is 0 Å². The van der Waals surface area contributed by atoms with Crippen LogP contribution in [-0.4, -0.2) is 40.7 Å². The lowest BCUT2D eigenvalue weighted by atomic mass is 10.1. The van der Waals surface area contributed by atoms with Gasteiger partial charge in [0.15, 0.2) is 0 Å². The molecule has 1 aromatic rings. The number of nitrogens with zero attached hydrogens (tertiary/aromatic N) is 1. The molecule has 2 aliphatic rings. The Morgan fingerprint density at radius 2 is 2.11 bits per heavy atom. The molecule has 0 bridgehead atoms. The molecule has 0 saturated carbocycles. The third kappa shape index (κ3) is 2.74. The molecule has 104 valence electrons. The average Bonchev–Trinajstić information content (AvgIpc) is 2.81. The molecule has 0 aliphatic carbocycles. The minimum absolute atomic E-state index is 0.154. The van der Waals surface area contributed by atoms with Crippen molar-refractivity contribution in [2.45, 2.75) is 36.5 Å². The topological polar surface area (TPSA) is 55.6 Å². The molecule has 19 heavy (non-hydrogen) atoms. The maximum Gasteiger partial charge on any atom is 0.0623 e. The summed E-state index contributed by atoms with van der Waals surface area (Å²) >= 11 is 0. The first-order valence-corrected chi connectivity index (χ1v) is 8.22. The third-order valence-electron chi connectivity index (χ3n) is 3.99. The zero-order valence-electron chi connectivity index (χ0n) is 11.2. The molecule has 1 aromatic carbocycles. The zero-order chi connectivity index (χ0) is 13.4. The summed E-state index contributed by atoms with van der Waals surface area (Å²) in [7, 11) is -0.906. The molecule has 2 N–H and O–H groups in total. The molecule has 0 aromatic heterocycles. The lowest BCUT2D eigenvalue weighted by Crippen LogP contribution is -2.46. The van der Waals surface area contributed by atoms with E-state index in [0.29, 0.717) is 12.6 Å². The SMILES string of the molecule is CS(=O)c1ccc2c(c1)CN([C@H]1COCC(N)C1)C2. The summed E-state index contributed by atoms with van der Waals surface area (Å²) in [5, 5.41) is 0. The standard InChI is InChI=1S/C14H20N2O2S/c1-19(17)14-3-2-10-6-16(7-11(10)4-14)13-5-12(15)8-18-9-13/h2-4,12-13H,5-9,15H2,1H3/t12?,13-,19?/m1/s1. The van der Waals surface area contributed by atoms with Gasteiger partial charge in [0, 0.05) is 47.1 Å². The molecule has 2 aliphatic heterocycles. The van der Waals surface area contributed by atoms with Crippen LogP contribution in [0.25, 0.3) is 0 Å². The lowest BCUT2D eigenvalue weighted by Gasteiger charge is -2.33. The highest BCUT2D eigenvalue weighted by molar-refractivity contribution is 7.84. The van der Waals surface area contributed by atoms with Gasteiger partial charge in [0.1, 0.15) is 0 Å². The van der Waals surface area contributed by atoms with Crippen LogP contribution >= 0.6 is 0 Å². The maximum absolute atomic E-state index is 11.5. The van der Waals surface area contributed by atoms with E-state index in [2.05, 4.69) is 17.0 Å². The third-order valence-corrected chi connectivity index (χ3v) is 4.91. The van der Waals surface area contributed by atoms with Gasteiger partial charge in [0.05, 0.1) is 13.2 Å². The Hall–Kier alpha value is -0.750. The molecule has 0 radical (unpaired) electrons. The molecule has 2 heterocycles. The van der Waals surface area contributed by atoms with Crippen molar-refractivity contribution in [2.75, 3.05) is 19.5 Å². The minimum atomic E-state index is -0.906. The van der Waals surface area contributed by atoms with Crippen molar-refractivity contribution < 1.29 is 8.95 Å². The van der Waals surface area contributed by atoms with Gasteiger partial charge in [-0.3, -0.25) is 9.11 Å². The second-order valence-electron chi connectivity index (χ2n) is 5.48. The molecule has 5 heteroatoms. The number of rotatable bonds is 2. The average molecular weight is 280 g/mol. The van der Waals surface area contributed by atoms with E-state index < -0.39 is 10.8 Å². The molecule has 0 amide bonds. The number of fused-ring (bicyclic) bond motifs is 1. The van der Waals surface area contributed by atoms with Crippen LogP contribution < -0.4 is 5.73 Å². The summed E-state index contributed by atoms with van der Waals surface area (Å²) < 4.78 is 17.1. The predicted octanol–water partition coefficient (Wildman–Crippen LogP) is 0.856. The van der Waals surface area contributed by atoms with Gasteiger partial charge >= 0.3 is 0 Å². The number of nitrogens with two attached hydrogens (primary N) is 1. The first kappa shape index (κ1) is 13.2. The molecule has 1 fully saturated rings. The molecule has 1 saturated heterocycles. The van der Waals surface area contributed by atoms with E-state index in [1.54, 1.807) is 6.26 Å². The van der Waals surface area contributed by atoms with Gasteiger partial charge in [0.25, 0.3) is 0 Å². The van der Waals surface area contributed by atoms with Crippen molar-refractivity contribution in [1.29, 1.82) is 0 Å². The number of hydrogen-bond donors (Lipinski definition) is 1. The van der Waals surface area contributed by atoms with Crippen molar-refractivity contribution in [3.63, 3.8) is 0 Å². The molecule has 3 atom stereocenters. The smallest absolute Gasteiger partial charge is 0.0623 e. The van der Waals surface area contributed by atoms with Crippen LogP contribution in [0.3, 0.4) is 0 Å². The van der Waals surface area contributed by atoms with Crippen molar-refractivity contribution >= 4 is 10.8 Å².